The zero-order valence-electron chi connectivity index (χ0n) is 12.4. The molecule has 0 aliphatic carbocycles. The molecule has 2 aromatic carbocycles. The molecule has 104 valence electrons. The SMILES string of the molecule is CCCc1ccccc1C(=O)c1ccccc1CCC. The van der Waals surface area contributed by atoms with Gasteiger partial charge in [-0.3, -0.25) is 4.79 Å². The van der Waals surface area contributed by atoms with Crippen LogP contribution in [0.2, 0.25) is 0 Å². The Balaban J connectivity index is 2.41. The molecule has 0 atom stereocenters. The van der Waals surface area contributed by atoms with Crippen molar-refractivity contribution in [3.8, 4) is 0 Å². The minimum Gasteiger partial charge on any atom is -0.289 e. The summed E-state index contributed by atoms with van der Waals surface area (Å²) in [5, 5.41) is 0. The smallest absolute Gasteiger partial charge is 0.193 e. The number of benzene rings is 2. The van der Waals surface area contributed by atoms with Gasteiger partial charge in [-0.2, -0.15) is 0 Å². The van der Waals surface area contributed by atoms with Crippen molar-refractivity contribution in [2.45, 2.75) is 39.5 Å². The van der Waals surface area contributed by atoms with E-state index in [1.54, 1.807) is 0 Å². The molecule has 0 spiro atoms. The van der Waals surface area contributed by atoms with Gasteiger partial charge in [-0.15, -0.1) is 0 Å². The molecule has 0 unspecified atom stereocenters. The molecule has 0 bridgehead atoms. The predicted molar refractivity (Wildman–Crippen MR) is 84.3 cm³/mol. The fraction of sp³-hybridized carbons (Fsp3) is 0.316. The predicted octanol–water partition coefficient (Wildman–Crippen LogP) is 4.82. The van der Waals surface area contributed by atoms with Crippen LogP contribution < -0.4 is 0 Å². The molecule has 0 saturated heterocycles. The molecule has 0 aromatic heterocycles. The van der Waals surface area contributed by atoms with Gasteiger partial charge in [0, 0.05) is 11.1 Å². The highest BCUT2D eigenvalue weighted by Gasteiger charge is 2.15. The van der Waals surface area contributed by atoms with Crippen LogP contribution in [0.15, 0.2) is 48.5 Å². The number of rotatable bonds is 6. The third-order valence-electron chi connectivity index (χ3n) is 3.56. The Kier molecular flexibility index (Phi) is 5.11. The molecular weight excluding hydrogens is 244 g/mol. The highest BCUT2D eigenvalue weighted by atomic mass is 16.1. The minimum atomic E-state index is 0.165. The lowest BCUT2D eigenvalue weighted by molar-refractivity contribution is 0.103. The van der Waals surface area contributed by atoms with Crippen LogP contribution >= 0.6 is 0 Å². The third-order valence-corrected chi connectivity index (χ3v) is 3.56. The average molecular weight is 266 g/mol. The maximum absolute atomic E-state index is 12.8. The second-order valence-corrected chi connectivity index (χ2v) is 5.14. The number of ketones is 1. The van der Waals surface area contributed by atoms with Gasteiger partial charge in [0.05, 0.1) is 0 Å². The van der Waals surface area contributed by atoms with Crippen LogP contribution in [0.3, 0.4) is 0 Å². The Hall–Kier alpha value is -1.89. The van der Waals surface area contributed by atoms with Gasteiger partial charge in [0.1, 0.15) is 0 Å². The Morgan fingerprint density at radius 1 is 0.750 bits per heavy atom. The van der Waals surface area contributed by atoms with Crippen LogP contribution in [-0.2, 0) is 12.8 Å². The lowest BCUT2D eigenvalue weighted by Crippen LogP contribution is -2.08. The number of aryl methyl sites for hydroxylation is 2. The molecule has 0 radical (unpaired) electrons. The first-order chi connectivity index (χ1) is 9.77. The monoisotopic (exact) mass is 266 g/mol. The van der Waals surface area contributed by atoms with Gasteiger partial charge in [-0.05, 0) is 24.0 Å². The summed E-state index contributed by atoms with van der Waals surface area (Å²) in [7, 11) is 0. The van der Waals surface area contributed by atoms with Crippen molar-refractivity contribution in [2.24, 2.45) is 0 Å². The zero-order valence-corrected chi connectivity index (χ0v) is 12.4. The lowest BCUT2D eigenvalue weighted by Gasteiger charge is -2.11. The Labute approximate surface area is 121 Å². The fourth-order valence-corrected chi connectivity index (χ4v) is 2.60. The average Bonchev–Trinajstić information content (AvgIpc) is 2.48. The highest BCUT2D eigenvalue weighted by molar-refractivity contribution is 6.10. The van der Waals surface area contributed by atoms with Crippen LogP contribution in [0.25, 0.3) is 0 Å². The van der Waals surface area contributed by atoms with Crippen LogP contribution in [0, 0.1) is 0 Å². The highest BCUT2D eigenvalue weighted by Crippen LogP contribution is 2.19. The molecule has 1 nitrogen and oxygen atoms in total. The van der Waals surface area contributed by atoms with E-state index >= 15 is 0 Å². The van der Waals surface area contributed by atoms with E-state index in [2.05, 4.69) is 26.0 Å². The quantitative estimate of drug-likeness (QED) is 0.685. The van der Waals surface area contributed by atoms with Crippen molar-refractivity contribution in [3.63, 3.8) is 0 Å². The van der Waals surface area contributed by atoms with E-state index in [-0.39, 0.29) is 5.78 Å². The molecule has 2 rings (SSSR count). The van der Waals surface area contributed by atoms with Crippen LogP contribution in [0.4, 0.5) is 0 Å². The van der Waals surface area contributed by atoms with Crippen molar-refractivity contribution >= 4 is 5.78 Å². The van der Waals surface area contributed by atoms with E-state index < -0.39 is 0 Å². The Bertz CT molecular complexity index is 532. The van der Waals surface area contributed by atoms with E-state index in [0.29, 0.717) is 0 Å². The summed E-state index contributed by atoms with van der Waals surface area (Å²) in [5.74, 6) is 0.165. The van der Waals surface area contributed by atoms with Crippen molar-refractivity contribution in [2.75, 3.05) is 0 Å². The summed E-state index contributed by atoms with van der Waals surface area (Å²) in [6.45, 7) is 4.29. The largest absolute Gasteiger partial charge is 0.289 e. The molecule has 0 N–H and O–H groups in total. The Morgan fingerprint density at radius 3 is 1.55 bits per heavy atom. The lowest BCUT2D eigenvalue weighted by atomic mass is 9.92. The second kappa shape index (κ2) is 7.04. The van der Waals surface area contributed by atoms with Gasteiger partial charge in [-0.1, -0.05) is 75.2 Å². The van der Waals surface area contributed by atoms with E-state index in [1.807, 2.05) is 36.4 Å². The molecule has 0 fully saturated rings. The molecule has 1 heteroatoms. The fourth-order valence-electron chi connectivity index (χ4n) is 2.60. The Morgan fingerprint density at radius 2 is 1.15 bits per heavy atom. The maximum Gasteiger partial charge on any atom is 0.193 e. The summed E-state index contributed by atoms with van der Waals surface area (Å²) in [6, 6.07) is 16.0. The molecule has 0 aliphatic heterocycles. The first-order valence-corrected chi connectivity index (χ1v) is 7.48. The van der Waals surface area contributed by atoms with E-state index in [1.165, 1.54) is 0 Å². The molecule has 2 aromatic rings. The first-order valence-electron chi connectivity index (χ1n) is 7.48. The topological polar surface area (TPSA) is 17.1 Å². The number of carbonyl (C=O) groups excluding carboxylic acids is 1. The third kappa shape index (κ3) is 3.16. The van der Waals surface area contributed by atoms with E-state index in [4.69, 9.17) is 0 Å². The number of carbonyl (C=O) groups is 1. The van der Waals surface area contributed by atoms with Crippen molar-refractivity contribution < 1.29 is 4.79 Å². The molecule has 0 amide bonds. The van der Waals surface area contributed by atoms with Gasteiger partial charge < -0.3 is 0 Å². The summed E-state index contributed by atoms with van der Waals surface area (Å²) in [6.07, 6.45) is 4.03. The summed E-state index contributed by atoms with van der Waals surface area (Å²) < 4.78 is 0. The van der Waals surface area contributed by atoms with Crippen LogP contribution in [0.5, 0.6) is 0 Å². The van der Waals surface area contributed by atoms with Gasteiger partial charge in [0.15, 0.2) is 5.78 Å². The second-order valence-electron chi connectivity index (χ2n) is 5.14. The van der Waals surface area contributed by atoms with Gasteiger partial charge >= 0.3 is 0 Å². The van der Waals surface area contributed by atoms with Crippen molar-refractivity contribution in [1.29, 1.82) is 0 Å². The van der Waals surface area contributed by atoms with Gasteiger partial charge in [0.25, 0.3) is 0 Å². The first kappa shape index (κ1) is 14.5. The summed E-state index contributed by atoms with van der Waals surface area (Å²) in [4.78, 5) is 12.8. The summed E-state index contributed by atoms with van der Waals surface area (Å²) >= 11 is 0. The van der Waals surface area contributed by atoms with E-state index in [0.717, 1.165) is 47.9 Å². The molecule has 20 heavy (non-hydrogen) atoms. The molecule has 0 heterocycles. The number of hydrogen-bond donors (Lipinski definition) is 0. The maximum atomic E-state index is 12.8. The number of hydrogen-bond acceptors (Lipinski definition) is 1. The van der Waals surface area contributed by atoms with Crippen LogP contribution in [-0.4, -0.2) is 5.78 Å². The normalized spacial score (nSPS) is 10.5. The van der Waals surface area contributed by atoms with Gasteiger partial charge in [0.2, 0.25) is 0 Å². The molecule has 0 saturated carbocycles. The van der Waals surface area contributed by atoms with Crippen molar-refractivity contribution in [3.05, 3.63) is 70.8 Å². The summed E-state index contributed by atoms with van der Waals surface area (Å²) in [5.41, 5.74) is 4.04. The standard InChI is InChI=1S/C19H22O/c1-3-9-15-11-5-7-13-17(15)19(20)18-14-8-6-12-16(18)10-4-2/h5-8,11-14H,3-4,9-10H2,1-2H3. The minimum absolute atomic E-state index is 0.165. The molecular formula is C19H22O. The zero-order chi connectivity index (χ0) is 14.4. The van der Waals surface area contributed by atoms with Gasteiger partial charge in [-0.25, -0.2) is 0 Å². The van der Waals surface area contributed by atoms with Crippen molar-refractivity contribution in [1.82, 2.24) is 0 Å². The molecule has 0 aliphatic rings. The van der Waals surface area contributed by atoms with Crippen LogP contribution in [0.1, 0.15) is 53.7 Å². The van der Waals surface area contributed by atoms with E-state index in [9.17, 15) is 4.79 Å².